The van der Waals surface area contributed by atoms with E-state index >= 15 is 0 Å². The lowest BCUT2D eigenvalue weighted by Crippen LogP contribution is -2.26. The topological polar surface area (TPSA) is 24.1 Å². The van der Waals surface area contributed by atoms with Gasteiger partial charge in [0.1, 0.15) is 0 Å². The Morgan fingerprint density at radius 2 is 1.50 bits per heavy atom. The fourth-order valence-electron chi connectivity index (χ4n) is 1.73. The zero-order valence-corrected chi connectivity index (χ0v) is 10.6. The van der Waals surface area contributed by atoms with Gasteiger partial charge in [-0.25, -0.2) is 0 Å². The predicted octanol–water partition coefficient (Wildman–Crippen LogP) is 1.99. The molecule has 0 heterocycles. The Balaban J connectivity index is 2.21. The van der Waals surface area contributed by atoms with Gasteiger partial charge in [0.25, 0.3) is 0 Å². The molecule has 2 heteroatoms. The van der Waals surface area contributed by atoms with E-state index in [1.54, 1.807) is 0 Å². The summed E-state index contributed by atoms with van der Waals surface area (Å²) in [4.78, 5) is 0. The molecule has 0 saturated heterocycles. The molecule has 0 aromatic heterocycles. The lowest BCUT2D eigenvalue weighted by molar-refractivity contribution is 0.649. The fraction of sp³-hybridized carbons (Fsp3) is 0.571. The van der Waals surface area contributed by atoms with Crippen LogP contribution in [0.3, 0.4) is 0 Å². The highest BCUT2D eigenvalue weighted by Crippen LogP contribution is 2.06. The molecule has 0 aliphatic heterocycles. The molecule has 0 spiro atoms. The summed E-state index contributed by atoms with van der Waals surface area (Å²) in [5.74, 6) is 0. The highest BCUT2D eigenvalue weighted by molar-refractivity contribution is 5.22. The normalized spacial score (nSPS) is 10.6. The van der Waals surface area contributed by atoms with Crippen LogP contribution in [0.4, 0.5) is 0 Å². The van der Waals surface area contributed by atoms with Crippen LogP contribution < -0.4 is 10.6 Å². The van der Waals surface area contributed by atoms with E-state index in [1.807, 2.05) is 7.05 Å². The molecule has 0 radical (unpaired) electrons. The van der Waals surface area contributed by atoms with E-state index in [1.165, 1.54) is 24.0 Å². The van der Waals surface area contributed by atoms with Crippen molar-refractivity contribution in [3.8, 4) is 0 Å². The fourth-order valence-corrected chi connectivity index (χ4v) is 1.73. The van der Waals surface area contributed by atoms with Gasteiger partial charge in [0.15, 0.2) is 0 Å². The molecule has 0 saturated carbocycles. The smallest absolute Gasteiger partial charge is 0.00767 e. The van der Waals surface area contributed by atoms with Crippen LogP contribution in [0.2, 0.25) is 0 Å². The third-order valence-corrected chi connectivity index (χ3v) is 2.70. The average molecular weight is 220 g/mol. The Hall–Kier alpha value is -0.860. The van der Waals surface area contributed by atoms with Crippen LogP contribution >= 0.6 is 0 Å². The average Bonchev–Trinajstić information content (AvgIpc) is 2.31. The largest absolute Gasteiger partial charge is 0.318 e. The summed E-state index contributed by atoms with van der Waals surface area (Å²) in [6.45, 7) is 5.37. The molecule has 16 heavy (non-hydrogen) atoms. The molecule has 0 aliphatic carbocycles. The standard InChI is InChI=1S/C14H24N2/c1-3-4-13-5-7-14(8-6-13)9-10-16-12-11-15-2/h5-8,15-16H,3-4,9-12H2,1-2H3. The number of rotatable bonds is 8. The van der Waals surface area contributed by atoms with Gasteiger partial charge in [-0.15, -0.1) is 0 Å². The van der Waals surface area contributed by atoms with E-state index in [0.717, 1.165) is 26.1 Å². The summed E-state index contributed by atoms with van der Waals surface area (Å²) in [6.07, 6.45) is 3.54. The quantitative estimate of drug-likeness (QED) is 0.655. The van der Waals surface area contributed by atoms with Gasteiger partial charge in [-0.1, -0.05) is 37.6 Å². The molecule has 0 atom stereocenters. The van der Waals surface area contributed by atoms with Crippen molar-refractivity contribution in [1.29, 1.82) is 0 Å². The molecule has 1 aromatic rings. The minimum absolute atomic E-state index is 1.04. The third-order valence-electron chi connectivity index (χ3n) is 2.70. The number of hydrogen-bond acceptors (Lipinski definition) is 2. The summed E-state index contributed by atoms with van der Waals surface area (Å²) in [5, 5.41) is 6.54. The van der Waals surface area contributed by atoms with Gasteiger partial charge >= 0.3 is 0 Å². The molecule has 0 fully saturated rings. The number of aryl methyl sites for hydroxylation is 1. The van der Waals surface area contributed by atoms with Crippen molar-refractivity contribution < 1.29 is 0 Å². The maximum absolute atomic E-state index is 3.41. The first kappa shape index (κ1) is 13.2. The summed E-state index contributed by atoms with van der Waals surface area (Å²) >= 11 is 0. The first-order chi connectivity index (χ1) is 7.86. The van der Waals surface area contributed by atoms with Gasteiger partial charge in [-0.05, 0) is 37.6 Å². The van der Waals surface area contributed by atoms with Gasteiger partial charge in [-0.3, -0.25) is 0 Å². The van der Waals surface area contributed by atoms with E-state index in [-0.39, 0.29) is 0 Å². The number of benzene rings is 1. The molecular weight excluding hydrogens is 196 g/mol. The SMILES string of the molecule is CCCc1ccc(CCNCCNC)cc1. The Kier molecular flexibility index (Phi) is 6.86. The molecule has 2 N–H and O–H groups in total. The lowest BCUT2D eigenvalue weighted by atomic mass is 10.1. The van der Waals surface area contributed by atoms with E-state index in [9.17, 15) is 0 Å². The lowest BCUT2D eigenvalue weighted by Gasteiger charge is -2.05. The molecule has 0 unspecified atom stereocenters. The predicted molar refractivity (Wildman–Crippen MR) is 70.9 cm³/mol. The first-order valence-corrected chi connectivity index (χ1v) is 6.30. The molecular formula is C14H24N2. The van der Waals surface area contributed by atoms with Crippen LogP contribution in [0, 0.1) is 0 Å². The number of nitrogens with one attached hydrogen (secondary N) is 2. The van der Waals surface area contributed by atoms with Gasteiger partial charge in [0.05, 0.1) is 0 Å². The van der Waals surface area contributed by atoms with Crippen LogP contribution in [-0.2, 0) is 12.8 Å². The van der Waals surface area contributed by atoms with Crippen molar-refractivity contribution >= 4 is 0 Å². The van der Waals surface area contributed by atoms with Crippen LogP contribution in [-0.4, -0.2) is 26.7 Å². The van der Waals surface area contributed by atoms with Crippen LogP contribution in [0.25, 0.3) is 0 Å². The van der Waals surface area contributed by atoms with Crippen LogP contribution in [0.1, 0.15) is 24.5 Å². The van der Waals surface area contributed by atoms with E-state index in [0.29, 0.717) is 0 Å². The van der Waals surface area contributed by atoms with Crippen molar-refractivity contribution in [2.45, 2.75) is 26.2 Å². The third kappa shape index (κ3) is 5.29. The van der Waals surface area contributed by atoms with Gasteiger partial charge in [0.2, 0.25) is 0 Å². The van der Waals surface area contributed by atoms with Crippen molar-refractivity contribution in [3.63, 3.8) is 0 Å². The molecule has 1 aromatic carbocycles. The minimum Gasteiger partial charge on any atom is -0.318 e. The molecule has 0 aliphatic rings. The second-order valence-corrected chi connectivity index (χ2v) is 4.17. The maximum atomic E-state index is 3.41. The number of likely N-dealkylation sites (N-methyl/N-ethyl adjacent to an activating group) is 1. The second kappa shape index (κ2) is 8.31. The molecule has 0 bridgehead atoms. The van der Waals surface area contributed by atoms with Crippen molar-refractivity contribution in [3.05, 3.63) is 35.4 Å². The van der Waals surface area contributed by atoms with E-state index in [2.05, 4.69) is 41.8 Å². The van der Waals surface area contributed by atoms with Crippen molar-refractivity contribution in [2.24, 2.45) is 0 Å². The summed E-state index contributed by atoms with van der Waals surface area (Å²) in [7, 11) is 1.98. The summed E-state index contributed by atoms with van der Waals surface area (Å²) in [5.41, 5.74) is 2.88. The molecule has 0 amide bonds. The highest BCUT2D eigenvalue weighted by Gasteiger charge is 1.94. The van der Waals surface area contributed by atoms with Crippen LogP contribution in [0.15, 0.2) is 24.3 Å². The van der Waals surface area contributed by atoms with Crippen molar-refractivity contribution in [2.75, 3.05) is 26.7 Å². The zero-order valence-electron chi connectivity index (χ0n) is 10.6. The molecule has 90 valence electrons. The zero-order chi connectivity index (χ0) is 11.6. The highest BCUT2D eigenvalue weighted by atomic mass is 14.9. The first-order valence-electron chi connectivity index (χ1n) is 6.30. The van der Waals surface area contributed by atoms with Gasteiger partial charge in [-0.2, -0.15) is 0 Å². The Morgan fingerprint density at radius 1 is 0.875 bits per heavy atom. The summed E-state index contributed by atoms with van der Waals surface area (Å²) in [6, 6.07) is 9.02. The van der Waals surface area contributed by atoms with E-state index < -0.39 is 0 Å². The maximum Gasteiger partial charge on any atom is 0.00767 e. The Bertz CT molecular complexity index is 267. The molecule has 2 nitrogen and oxygen atoms in total. The minimum atomic E-state index is 1.04. The van der Waals surface area contributed by atoms with E-state index in [4.69, 9.17) is 0 Å². The second-order valence-electron chi connectivity index (χ2n) is 4.17. The Labute approximate surface area is 99.5 Å². The summed E-state index contributed by atoms with van der Waals surface area (Å²) < 4.78 is 0. The van der Waals surface area contributed by atoms with Gasteiger partial charge < -0.3 is 10.6 Å². The van der Waals surface area contributed by atoms with Crippen molar-refractivity contribution in [1.82, 2.24) is 10.6 Å². The molecule has 1 rings (SSSR count). The van der Waals surface area contributed by atoms with Gasteiger partial charge in [0, 0.05) is 13.1 Å². The van der Waals surface area contributed by atoms with Crippen LogP contribution in [0.5, 0.6) is 0 Å². The number of hydrogen-bond donors (Lipinski definition) is 2. The Morgan fingerprint density at radius 3 is 2.06 bits per heavy atom. The monoisotopic (exact) mass is 220 g/mol.